The Hall–Kier alpha value is -4.96. The maximum Gasteiger partial charge on any atom is 0.255 e. The number of benzene rings is 3. The van der Waals surface area contributed by atoms with Gasteiger partial charge in [0.2, 0.25) is 5.95 Å². The number of hydrogen-bond donors (Lipinski definition) is 4. The fourth-order valence-corrected chi connectivity index (χ4v) is 4.10. The number of unbranched alkanes of at least 4 members (excludes halogenated alkanes) is 1. The second-order valence-electron chi connectivity index (χ2n) is 9.26. The number of carbonyl (C=O) groups excluding carboxylic acids is 1. The Bertz CT molecular complexity index is 1570. The van der Waals surface area contributed by atoms with Gasteiger partial charge in [0.15, 0.2) is 17.0 Å². The molecule has 0 aliphatic rings. The Morgan fingerprint density at radius 3 is 2.52 bits per heavy atom. The van der Waals surface area contributed by atoms with Gasteiger partial charge in [-0.05, 0) is 48.4 Å². The molecule has 3 aromatic carbocycles. The number of aromatic nitrogens is 4. The van der Waals surface area contributed by atoms with Crippen molar-refractivity contribution in [3.63, 3.8) is 0 Å². The Morgan fingerprint density at radius 1 is 0.975 bits per heavy atom. The monoisotopic (exact) mass is 536 g/mol. The molecule has 0 saturated carbocycles. The number of nitrogens with one attached hydrogen (secondary N) is 3. The van der Waals surface area contributed by atoms with Crippen LogP contribution in [-0.2, 0) is 17.9 Å². The number of amides is 1. The van der Waals surface area contributed by atoms with Crippen molar-refractivity contribution in [3.8, 4) is 0 Å². The molecule has 2 aromatic heterocycles. The van der Waals surface area contributed by atoms with Crippen LogP contribution in [0.15, 0.2) is 85.2 Å². The summed E-state index contributed by atoms with van der Waals surface area (Å²) in [6, 6.07) is 24.2. The van der Waals surface area contributed by atoms with Gasteiger partial charge in [-0.25, -0.2) is 4.98 Å². The van der Waals surface area contributed by atoms with E-state index < -0.39 is 0 Å². The van der Waals surface area contributed by atoms with Gasteiger partial charge < -0.3 is 31.0 Å². The molecular weight excluding hydrogens is 504 g/mol. The first kappa shape index (κ1) is 26.6. The van der Waals surface area contributed by atoms with Gasteiger partial charge in [0.05, 0.1) is 24.3 Å². The molecule has 5 aromatic rings. The molecule has 0 bridgehead atoms. The van der Waals surface area contributed by atoms with Crippen molar-refractivity contribution in [3.05, 3.63) is 96.3 Å². The van der Waals surface area contributed by atoms with Crippen LogP contribution in [0.25, 0.3) is 11.2 Å². The van der Waals surface area contributed by atoms with Crippen LogP contribution >= 0.6 is 0 Å². The van der Waals surface area contributed by atoms with Crippen LogP contribution in [0.2, 0.25) is 0 Å². The molecule has 0 saturated heterocycles. The maximum absolute atomic E-state index is 12.6. The largest absolute Gasteiger partial charge is 0.397 e. The van der Waals surface area contributed by atoms with E-state index in [0.29, 0.717) is 40.8 Å². The average Bonchev–Trinajstić information content (AvgIpc) is 3.39. The molecule has 2 heterocycles. The minimum absolute atomic E-state index is 0.203. The highest BCUT2D eigenvalue weighted by atomic mass is 16.5. The number of carbonyl (C=O) groups is 1. The fraction of sp³-hybridized carbons (Fsp3) is 0.200. The van der Waals surface area contributed by atoms with Crippen molar-refractivity contribution >= 4 is 45.9 Å². The highest BCUT2D eigenvalue weighted by Crippen LogP contribution is 2.25. The molecule has 204 valence electrons. The van der Waals surface area contributed by atoms with Gasteiger partial charge in [-0.1, -0.05) is 55.8 Å². The van der Waals surface area contributed by atoms with Crippen LogP contribution in [0.4, 0.5) is 28.8 Å². The van der Waals surface area contributed by atoms with Gasteiger partial charge in [0.1, 0.15) is 6.73 Å². The number of ether oxygens (including phenoxy) is 1. The Morgan fingerprint density at radius 2 is 1.75 bits per heavy atom. The standard InChI is InChI=1S/C30H32N8O2/c1-2-3-17-38-19-32-26-27(34-23-9-5-4-6-10-23)36-30(37-28(26)38)33-20-40-18-21-13-15-22(16-14-21)29(39)35-25-12-8-7-11-24(25)31/h4-16,19H,2-3,17-18,20,31H2,1H3,(H,35,39)(H2,33,34,36,37). The number of nitrogens with two attached hydrogens (primary N) is 1. The van der Waals surface area contributed by atoms with Gasteiger partial charge in [-0.15, -0.1) is 0 Å². The number of fused-ring (bicyclic) bond motifs is 1. The van der Waals surface area contributed by atoms with E-state index in [-0.39, 0.29) is 12.6 Å². The molecule has 10 nitrogen and oxygen atoms in total. The zero-order valence-corrected chi connectivity index (χ0v) is 22.3. The first-order chi connectivity index (χ1) is 19.6. The number of nitrogen functional groups attached to an aromatic ring is 1. The van der Waals surface area contributed by atoms with E-state index in [1.807, 2.05) is 65.5 Å². The van der Waals surface area contributed by atoms with Crippen LogP contribution in [0.3, 0.4) is 0 Å². The summed E-state index contributed by atoms with van der Waals surface area (Å²) in [4.78, 5) is 26.5. The molecule has 0 aliphatic heterocycles. The maximum atomic E-state index is 12.6. The number of anilines is 5. The minimum atomic E-state index is -0.224. The SMILES string of the molecule is CCCCn1cnc2c(Nc3ccccc3)nc(NCOCc3ccc(C(=O)Nc4ccccc4N)cc3)nc21. The normalized spacial score (nSPS) is 10.9. The summed E-state index contributed by atoms with van der Waals surface area (Å²) in [5, 5.41) is 9.36. The van der Waals surface area contributed by atoms with Crippen LogP contribution in [0.5, 0.6) is 0 Å². The predicted octanol–water partition coefficient (Wildman–Crippen LogP) is 5.79. The van der Waals surface area contributed by atoms with Crippen LogP contribution in [0.1, 0.15) is 35.7 Å². The third kappa shape index (κ3) is 6.54. The summed E-state index contributed by atoms with van der Waals surface area (Å²) in [6.07, 6.45) is 3.92. The zero-order chi connectivity index (χ0) is 27.7. The van der Waals surface area contributed by atoms with Gasteiger partial charge in [-0.2, -0.15) is 9.97 Å². The van der Waals surface area contributed by atoms with Gasteiger partial charge in [-0.3, -0.25) is 4.79 Å². The molecule has 5 N–H and O–H groups in total. The van der Waals surface area contributed by atoms with Crippen LogP contribution in [0, 0.1) is 0 Å². The topological polar surface area (TPSA) is 132 Å². The first-order valence-electron chi connectivity index (χ1n) is 13.2. The summed E-state index contributed by atoms with van der Waals surface area (Å²) in [5.74, 6) is 0.842. The zero-order valence-electron chi connectivity index (χ0n) is 22.3. The smallest absolute Gasteiger partial charge is 0.255 e. The third-order valence-electron chi connectivity index (χ3n) is 6.28. The van der Waals surface area contributed by atoms with E-state index >= 15 is 0 Å². The molecule has 0 fully saturated rings. The quantitative estimate of drug-likeness (QED) is 0.0895. The number of imidazole rings is 1. The van der Waals surface area contributed by atoms with Crippen molar-refractivity contribution in [2.75, 3.05) is 28.4 Å². The fourth-order valence-electron chi connectivity index (χ4n) is 4.10. The van der Waals surface area contributed by atoms with Crippen LogP contribution in [-0.4, -0.2) is 32.2 Å². The molecule has 0 spiro atoms. The molecular formula is C30H32N8O2. The van der Waals surface area contributed by atoms with Crippen molar-refractivity contribution in [1.82, 2.24) is 19.5 Å². The Labute approximate surface area is 232 Å². The molecule has 0 unspecified atom stereocenters. The van der Waals surface area contributed by atoms with Crippen LogP contribution < -0.4 is 21.7 Å². The lowest BCUT2D eigenvalue weighted by Gasteiger charge is -2.11. The van der Waals surface area contributed by atoms with E-state index in [0.717, 1.165) is 36.3 Å². The highest BCUT2D eigenvalue weighted by Gasteiger charge is 2.14. The minimum Gasteiger partial charge on any atom is -0.397 e. The van der Waals surface area contributed by atoms with E-state index in [2.05, 4.69) is 32.8 Å². The predicted molar refractivity (Wildman–Crippen MR) is 158 cm³/mol. The first-order valence-corrected chi connectivity index (χ1v) is 13.2. The Balaban J connectivity index is 1.21. The van der Waals surface area contributed by atoms with Crippen molar-refractivity contribution in [2.24, 2.45) is 0 Å². The molecule has 5 rings (SSSR count). The summed E-state index contributed by atoms with van der Waals surface area (Å²) in [5.41, 5.74) is 10.9. The molecule has 40 heavy (non-hydrogen) atoms. The van der Waals surface area contributed by atoms with E-state index in [9.17, 15) is 4.79 Å². The lowest BCUT2D eigenvalue weighted by molar-refractivity contribution is 0.102. The molecule has 0 aliphatic carbocycles. The van der Waals surface area contributed by atoms with Crippen molar-refractivity contribution in [2.45, 2.75) is 32.9 Å². The number of aryl methyl sites for hydroxylation is 1. The lowest BCUT2D eigenvalue weighted by atomic mass is 10.1. The van der Waals surface area contributed by atoms with E-state index in [4.69, 9.17) is 15.5 Å². The third-order valence-corrected chi connectivity index (χ3v) is 6.28. The van der Waals surface area contributed by atoms with Gasteiger partial charge >= 0.3 is 0 Å². The van der Waals surface area contributed by atoms with E-state index in [1.54, 1.807) is 24.3 Å². The number of para-hydroxylation sites is 3. The van der Waals surface area contributed by atoms with Crippen molar-refractivity contribution in [1.29, 1.82) is 0 Å². The summed E-state index contributed by atoms with van der Waals surface area (Å²) in [7, 11) is 0. The molecule has 0 radical (unpaired) electrons. The van der Waals surface area contributed by atoms with Gasteiger partial charge in [0, 0.05) is 17.8 Å². The second-order valence-corrected chi connectivity index (χ2v) is 9.26. The highest BCUT2D eigenvalue weighted by molar-refractivity contribution is 6.05. The average molecular weight is 537 g/mol. The summed E-state index contributed by atoms with van der Waals surface area (Å²) in [6.45, 7) is 3.54. The number of hydrogen-bond acceptors (Lipinski definition) is 8. The van der Waals surface area contributed by atoms with Gasteiger partial charge in [0.25, 0.3) is 5.91 Å². The summed E-state index contributed by atoms with van der Waals surface area (Å²) < 4.78 is 7.88. The second kappa shape index (κ2) is 12.7. The number of rotatable bonds is 12. The summed E-state index contributed by atoms with van der Waals surface area (Å²) >= 11 is 0. The molecule has 10 heteroatoms. The molecule has 0 atom stereocenters. The van der Waals surface area contributed by atoms with E-state index in [1.165, 1.54) is 0 Å². The lowest BCUT2D eigenvalue weighted by Crippen LogP contribution is -2.13. The van der Waals surface area contributed by atoms with Crippen molar-refractivity contribution < 1.29 is 9.53 Å². The number of nitrogens with zero attached hydrogens (tertiary/aromatic N) is 4. The Kier molecular flexibility index (Phi) is 8.47. The molecule has 1 amide bonds.